The van der Waals surface area contributed by atoms with Gasteiger partial charge in [-0.3, -0.25) is 9.38 Å². The Morgan fingerprint density at radius 3 is 2.03 bits per heavy atom. The first-order chi connectivity index (χ1) is 17.9. The Hall–Kier alpha value is -5.66. The van der Waals surface area contributed by atoms with Crippen molar-refractivity contribution in [3.63, 3.8) is 0 Å². The molecule has 0 aliphatic rings. The smallest absolute Gasteiger partial charge is 0.233 e. The van der Waals surface area contributed by atoms with Crippen molar-refractivity contribution in [2.24, 2.45) is 0 Å². The fraction of sp³-hybridized carbons (Fsp3) is 0. The van der Waals surface area contributed by atoms with Crippen LogP contribution in [0.3, 0.4) is 0 Å². The molecule has 8 aromatic heterocycles. The van der Waals surface area contributed by atoms with E-state index in [9.17, 15) is 0 Å². The lowest BCUT2D eigenvalue weighted by Crippen LogP contribution is -1.85. The second-order valence-electron chi connectivity index (χ2n) is 6.80. The van der Waals surface area contributed by atoms with Crippen LogP contribution in [0.1, 0.15) is 0 Å². The molecule has 8 heterocycles. The average molecular weight is 478 g/mol. The number of fused-ring (bicyclic) bond motifs is 4. The molecule has 0 bridgehead atoms. The monoisotopic (exact) mass is 478 g/mol. The number of pyridine rings is 1. The van der Waals surface area contributed by atoms with Gasteiger partial charge in [-0.2, -0.15) is 15.3 Å². The summed E-state index contributed by atoms with van der Waals surface area (Å²) in [4.78, 5) is 27.5. The molecular weight excluding hydrogens is 460 g/mol. The lowest BCUT2D eigenvalue weighted by atomic mass is 10.5. The van der Waals surface area contributed by atoms with Crippen LogP contribution in [0, 0.1) is 0 Å². The largest absolute Gasteiger partial charge is 0.291 e. The summed E-state index contributed by atoms with van der Waals surface area (Å²) in [5.74, 6) is 0.748. The van der Waals surface area contributed by atoms with Crippen LogP contribution in [-0.4, -0.2) is 68.1 Å². The molecule has 0 aromatic carbocycles. The first kappa shape index (κ1) is 22.1. The van der Waals surface area contributed by atoms with Gasteiger partial charge >= 0.3 is 0 Å². The van der Waals surface area contributed by atoms with E-state index in [0.717, 1.165) is 22.7 Å². The third-order valence-corrected chi connectivity index (χ3v) is 4.53. The zero-order valence-corrected chi connectivity index (χ0v) is 18.7. The number of imidazole rings is 1. The van der Waals surface area contributed by atoms with E-state index in [4.69, 9.17) is 0 Å². The van der Waals surface area contributed by atoms with Gasteiger partial charge in [-0.15, -0.1) is 0 Å². The van der Waals surface area contributed by atoms with Gasteiger partial charge in [0.15, 0.2) is 16.9 Å². The second kappa shape index (κ2) is 11.0. The highest BCUT2D eigenvalue weighted by molar-refractivity contribution is 5.34. The Labute approximate surface area is 202 Å². The van der Waals surface area contributed by atoms with Crippen LogP contribution in [0.4, 0.5) is 0 Å². The minimum Gasteiger partial charge on any atom is -0.291 e. The Morgan fingerprint density at radius 1 is 0.500 bits per heavy atom. The summed E-state index contributed by atoms with van der Waals surface area (Å²) in [6, 6.07) is 9.43. The summed E-state index contributed by atoms with van der Waals surface area (Å²) >= 11 is 0. The predicted molar refractivity (Wildman–Crippen MR) is 128 cm³/mol. The molecule has 0 saturated heterocycles. The highest BCUT2D eigenvalue weighted by Gasteiger charge is 1.90. The minimum absolute atomic E-state index is 0.748. The molecular formula is C22H18N14. The summed E-state index contributed by atoms with van der Waals surface area (Å²) < 4.78 is 6.85. The van der Waals surface area contributed by atoms with Crippen LogP contribution in [-0.2, 0) is 0 Å². The van der Waals surface area contributed by atoms with Crippen LogP contribution >= 0.6 is 0 Å². The van der Waals surface area contributed by atoms with Crippen molar-refractivity contribution in [3.05, 3.63) is 111 Å². The van der Waals surface area contributed by atoms with Gasteiger partial charge in [0.05, 0.1) is 6.20 Å². The molecule has 0 fully saturated rings. The molecule has 0 unspecified atom stereocenters. The van der Waals surface area contributed by atoms with Crippen LogP contribution in [0.5, 0.6) is 0 Å². The standard InChI is InChI=1S/2C6H5N3.2C5H4N4/c1-2-7-6-8-3-5-9(6)4-1;1-2-4-9-6(3-1)7-5-8-9;1-2-9-5(3-6-1)7-4-8-9;1-2-6-4-9-5(1)7-3-8-9/h2*1-5H;2*1-4H. The predicted octanol–water partition coefficient (Wildman–Crippen LogP) is 1.71. The first-order valence-electron chi connectivity index (χ1n) is 10.5. The Kier molecular flexibility index (Phi) is 6.75. The number of aromatic nitrogens is 14. The lowest BCUT2D eigenvalue weighted by molar-refractivity contribution is 0.921. The van der Waals surface area contributed by atoms with Gasteiger partial charge in [-0.05, 0) is 18.2 Å². The van der Waals surface area contributed by atoms with E-state index in [1.165, 1.54) is 19.0 Å². The lowest BCUT2D eigenvalue weighted by Gasteiger charge is -1.85. The summed E-state index contributed by atoms with van der Waals surface area (Å²) in [5.41, 5.74) is 2.49. The van der Waals surface area contributed by atoms with E-state index >= 15 is 0 Å². The second-order valence-corrected chi connectivity index (χ2v) is 6.80. The number of hydrogen-bond donors (Lipinski definition) is 0. The molecule has 0 atom stereocenters. The van der Waals surface area contributed by atoms with Gasteiger partial charge in [0, 0.05) is 55.6 Å². The Balaban J connectivity index is 0.0000000988. The maximum atomic E-state index is 3.99. The zero-order valence-electron chi connectivity index (χ0n) is 18.7. The van der Waals surface area contributed by atoms with Gasteiger partial charge < -0.3 is 0 Å². The van der Waals surface area contributed by atoms with Crippen molar-refractivity contribution in [1.82, 2.24) is 68.1 Å². The first-order valence-corrected chi connectivity index (χ1v) is 10.5. The molecule has 0 amide bonds. The summed E-state index contributed by atoms with van der Waals surface area (Å²) in [7, 11) is 0. The summed E-state index contributed by atoms with van der Waals surface area (Å²) in [6.07, 6.45) is 22.0. The fourth-order valence-corrected chi connectivity index (χ4v) is 2.88. The van der Waals surface area contributed by atoms with Crippen molar-refractivity contribution < 1.29 is 0 Å². The van der Waals surface area contributed by atoms with Gasteiger partial charge in [0.1, 0.15) is 25.3 Å². The van der Waals surface area contributed by atoms with Crippen molar-refractivity contribution in [1.29, 1.82) is 0 Å². The van der Waals surface area contributed by atoms with E-state index in [-0.39, 0.29) is 0 Å². The van der Waals surface area contributed by atoms with Gasteiger partial charge in [-0.1, -0.05) is 6.07 Å². The minimum atomic E-state index is 0.748. The van der Waals surface area contributed by atoms with Gasteiger partial charge in [-0.25, -0.2) is 43.5 Å². The number of nitrogens with zero attached hydrogens (tertiary/aromatic N) is 14. The van der Waals surface area contributed by atoms with Crippen LogP contribution in [0.15, 0.2) is 111 Å². The molecule has 36 heavy (non-hydrogen) atoms. The molecule has 176 valence electrons. The molecule has 0 N–H and O–H groups in total. The maximum Gasteiger partial charge on any atom is 0.233 e. The quantitative estimate of drug-likeness (QED) is 0.315. The fourth-order valence-electron chi connectivity index (χ4n) is 2.88. The van der Waals surface area contributed by atoms with Crippen molar-refractivity contribution in [3.8, 4) is 0 Å². The average Bonchev–Trinajstić information content (AvgIpc) is 3.76. The van der Waals surface area contributed by atoms with E-state index in [0.29, 0.717) is 0 Å². The third-order valence-electron chi connectivity index (χ3n) is 4.53. The van der Waals surface area contributed by atoms with Crippen LogP contribution in [0.2, 0.25) is 0 Å². The van der Waals surface area contributed by atoms with Crippen molar-refractivity contribution in [2.45, 2.75) is 0 Å². The molecule has 0 radical (unpaired) electrons. The van der Waals surface area contributed by atoms with Crippen molar-refractivity contribution in [2.75, 3.05) is 0 Å². The zero-order chi connectivity index (χ0) is 24.4. The topological polar surface area (TPSA) is 147 Å². The molecule has 14 nitrogen and oxygen atoms in total. The molecule has 0 saturated carbocycles. The molecule has 0 spiro atoms. The Bertz CT molecular complexity index is 1390. The van der Waals surface area contributed by atoms with Gasteiger partial charge in [0.2, 0.25) is 5.78 Å². The SMILES string of the molecule is c1cc2ncnn2cn1.c1ccn2ncnc2c1.c1cn2ncnc2cn1.c1cnc2nccn2c1. The Morgan fingerprint density at radius 2 is 1.25 bits per heavy atom. The molecule has 14 heteroatoms. The highest BCUT2D eigenvalue weighted by Crippen LogP contribution is 1.94. The third kappa shape index (κ3) is 5.45. The molecule has 0 aliphatic carbocycles. The van der Waals surface area contributed by atoms with E-state index in [1.807, 2.05) is 47.3 Å². The van der Waals surface area contributed by atoms with Crippen LogP contribution < -0.4 is 0 Å². The summed E-state index contributed by atoms with van der Waals surface area (Å²) in [5, 5.41) is 11.7. The van der Waals surface area contributed by atoms with E-state index in [2.05, 4.69) is 50.2 Å². The molecule has 8 aromatic rings. The summed E-state index contributed by atoms with van der Waals surface area (Å²) in [6.45, 7) is 0. The van der Waals surface area contributed by atoms with E-state index < -0.39 is 0 Å². The van der Waals surface area contributed by atoms with E-state index in [1.54, 1.807) is 63.1 Å². The number of hydrogen-bond acceptors (Lipinski definition) is 10. The van der Waals surface area contributed by atoms with Gasteiger partial charge in [0.25, 0.3) is 0 Å². The molecule has 0 aliphatic heterocycles. The number of rotatable bonds is 0. The van der Waals surface area contributed by atoms with Crippen LogP contribution in [0.25, 0.3) is 22.7 Å². The normalized spacial score (nSPS) is 10.2. The van der Waals surface area contributed by atoms with Crippen molar-refractivity contribution >= 4 is 22.7 Å². The maximum absolute atomic E-state index is 3.99. The highest BCUT2D eigenvalue weighted by atomic mass is 15.3. The molecule has 8 rings (SSSR count).